The lowest BCUT2D eigenvalue weighted by molar-refractivity contribution is 0.0996. The molecular weight excluding hydrogens is 182 g/mol. The SMILES string of the molecule is O=C(Nc1ncccn1)c1ccco1. The summed E-state index contributed by atoms with van der Waals surface area (Å²) in [6, 6.07) is 4.88. The maximum Gasteiger partial charge on any atom is 0.293 e. The van der Waals surface area contributed by atoms with E-state index in [4.69, 9.17) is 4.42 Å². The van der Waals surface area contributed by atoms with Crippen LogP contribution < -0.4 is 5.32 Å². The number of hydrogen-bond acceptors (Lipinski definition) is 4. The summed E-state index contributed by atoms with van der Waals surface area (Å²) in [6.07, 6.45) is 4.52. The van der Waals surface area contributed by atoms with E-state index in [9.17, 15) is 4.79 Å². The summed E-state index contributed by atoms with van der Waals surface area (Å²) in [7, 11) is 0. The molecule has 0 aromatic carbocycles. The van der Waals surface area contributed by atoms with Gasteiger partial charge >= 0.3 is 0 Å². The summed E-state index contributed by atoms with van der Waals surface area (Å²) in [5, 5.41) is 2.49. The van der Waals surface area contributed by atoms with Crippen LogP contribution in [-0.4, -0.2) is 15.9 Å². The van der Waals surface area contributed by atoms with Crippen molar-refractivity contribution in [2.45, 2.75) is 0 Å². The topological polar surface area (TPSA) is 68.0 Å². The van der Waals surface area contributed by atoms with E-state index in [0.717, 1.165) is 0 Å². The Balaban J connectivity index is 2.10. The van der Waals surface area contributed by atoms with Gasteiger partial charge in [0.25, 0.3) is 5.91 Å². The molecule has 0 saturated heterocycles. The van der Waals surface area contributed by atoms with Crippen LogP contribution >= 0.6 is 0 Å². The Labute approximate surface area is 79.8 Å². The molecule has 0 aliphatic heterocycles. The third kappa shape index (κ3) is 1.77. The Morgan fingerprint density at radius 1 is 1.29 bits per heavy atom. The van der Waals surface area contributed by atoms with E-state index < -0.39 is 0 Å². The standard InChI is InChI=1S/C9H7N3O2/c13-8(7-3-1-6-14-7)12-9-10-4-2-5-11-9/h1-6H,(H,10,11,12,13). The molecule has 1 amide bonds. The fourth-order valence-corrected chi connectivity index (χ4v) is 0.935. The number of carbonyl (C=O) groups excluding carboxylic acids is 1. The fourth-order valence-electron chi connectivity index (χ4n) is 0.935. The van der Waals surface area contributed by atoms with Gasteiger partial charge in [-0.1, -0.05) is 0 Å². The monoisotopic (exact) mass is 189 g/mol. The lowest BCUT2D eigenvalue weighted by Crippen LogP contribution is -2.12. The Kier molecular flexibility index (Phi) is 2.22. The van der Waals surface area contributed by atoms with Crippen molar-refractivity contribution in [2.24, 2.45) is 0 Å². The predicted molar refractivity (Wildman–Crippen MR) is 48.7 cm³/mol. The maximum absolute atomic E-state index is 11.4. The second-order valence-corrected chi connectivity index (χ2v) is 2.50. The molecule has 2 rings (SSSR count). The summed E-state index contributed by atoms with van der Waals surface area (Å²) in [6.45, 7) is 0. The second-order valence-electron chi connectivity index (χ2n) is 2.50. The largest absolute Gasteiger partial charge is 0.459 e. The van der Waals surface area contributed by atoms with Crippen LogP contribution in [0.25, 0.3) is 0 Å². The molecule has 5 heteroatoms. The van der Waals surface area contributed by atoms with E-state index in [1.165, 1.54) is 6.26 Å². The number of anilines is 1. The molecule has 0 spiro atoms. The summed E-state index contributed by atoms with van der Waals surface area (Å²) >= 11 is 0. The van der Waals surface area contributed by atoms with Crippen molar-refractivity contribution in [2.75, 3.05) is 5.32 Å². The highest BCUT2D eigenvalue weighted by molar-refractivity contribution is 6.01. The normalized spacial score (nSPS) is 9.71. The minimum atomic E-state index is -0.360. The van der Waals surface area contributed by atoms with Crippen LogP contribution in [0.3, 0.4) is 0 Å². The molecule has 0 fully saturated rings. The van der Waals surface area contributed by atoms with E-state index in [1.54, 1.807) is 30.6 Å². The van der Waals surface area contributed by atoms with Crippen LogP contribution in [0, 0.1) is 0 Å². The van der Waals surface area contributed by atoms with Gasteiger partial charge in [-0.3, -0.25) is 10.1 Å². The number of aromatic nitrogens is 2. The van der Waals surface area contributed by atoms with Gasteiger partial charge in [0, 0.05) is 12.4 Å². The summed E-state index contributed by atoms with van der Waals surface area (Å²) in [4.78, 5) is 19.1. The van der Waals surface area contributed by atoms with Crippen molar-refractivity contribution in [1.29, 1.82) is 0 Å². The fraction of sp³-hybridized carbons (Fsp3) is 0. The number of rotatable bonds is 2. The number of hydrogen-bond donors (Lipinski definition) is 1. The highest BCUT2D eigenvalue weighted by Crippen LogP contribution is 2.03. The number of nitrogens with zero attached hydrogens (tertiary/aromatic N) is 2. The molecule has 2 aromatic rings. The smallest absolute Gasteiger partial charge is 0.293 e. The molecule has 14 heavy (non-hydrogen) atoms. The van der Waals surface area contributed by atoms with Crippen molar-refractivity contribution >= 4 is 11.9 Å². The van der Waals surface area contributed by atoms with Crippen molar-refractivity contribution in [3.05, 3.63) is 42.6 Å². The third-order valence-electron chi connectivity index (χ3n) is 1.54. The van der Waals surface area contributed by atoms with E-state index in [-0.39, 0.29) is 17.6 Å². The van der Waals surface area contributed by atoms with Gasteiger partial charge in [0.2, 0.25) is 5.95 Å². The first-order valence-electron chi connectivity index (χ1n) is 3.98. The molecule has 70 valence electrons. The van der Waals surface area contributed by atoms with Gasteiger partial charge in [0.15, 0.2) is 5.76 Å². The van der Waals surface area contributed by atoms with E-state index in [1.807, 2.05) is 0 Å². The first kappa shape index (κ1) is 8.43. The quantitative estimate of drug-likeness (QED) is 0.773. The summed E-state index contributed by atoms with van der Waals surface area (Å²) in [5.74, 6) is 0.132. The minimum absolute atomic E-state index is 0.234. The van der Waals surface area contributed by atoms with Crippen molar-refractivity contribution < 1.29 is 9.21 Å². The molecule has 0 unspecified atom stereocenters. The first-order valence-corrected chi connectivity index (χ1v) is 3.98. The molecule has 1 N–H and O–H groups in total. The summed E-state index contributed by atoms with van der Waals surface area (Å²) in [5.41, 5.74) is 0. The Morgan fingerprint density at radius 3 is 2.71 bits per heavy atom. The van der Waals surface area contributed by atoms with E-state index in [2.05, 4.69) is 15.3 Å². The zero-order valence-electron chi connectivity index (χ0n) is 7.18. The highest BCUT2D eigenvalue weighted by atomic mass is 16.3. The van der Waals surface area contributed by atoms with Crippen molar-refractivity contribution in [3.63, 3.8) is 0 Å². The van der Waals surface area contributed by atoms with Gasteiger partial charge in [0.1, 0.15) is 0 Å². The maximum atomic E-state index is 11.4. The highest BCUT2D eigenvalue weighted by Gasteiger charge is 2.08. The van der Waals surface area contributed by atoms with Crippen LogP contribution in [-0.2, 0) is 0 Å². The lowest BCUT2D eigenvalue weighted by Gasteiger charge is -1.98. The first-order chi connectivity index (χ1) is 6.86. The molecular formula is C9H7N3O2. The van der Waals surface area contributed by atoms with Gasteiger partial charge < -0.3 is 4.42 Å². The minimum Gasteiger partial charge on any atom is -0.459 e. The van der Waals surface area contributed by atoms with Crippen LogP contribution in [0.15, 0.2) is 41.3 Å². The number of furan rings is 1. The van der Waals surface area contributed by atoms with Gasteiger partial charge in [-0.25, -0.2) is 9.97 Å². The summed E-state index contributed by atoms with van der Waals surface area (Å²) < 4.78 is 4.90. The Morgan fingerprint density at radius 2 is 2.07 bits per heavy atom. The van der Waals surface area contributed by atoms with Gasteiger partial charge in [-0.2, -0.15) is 0 Å². The van der Waals surface area contributed by atoms with E-state index >= 15 is 0 Å². The average Bonchev–Trinajstić information content (AvgIpc) is 2.72. The van der Waals surface area contributed by atoms with Crippen LogP contribution in [0.5, 0.6) is 0 Å². The molecule has 2 heterocycles. The van der Waals surface area contributed by atoms with Crippen LogP contribution in [0.4, 0.5) is 5.95 Å². The molecule has 2 aromatic heterocycles. The second kappa shape index (κ2) is 3.69. The average molecular weight is 189 g/mol. The molecule has 0 saturated carbocycles. The Bertz CT molecular complexity index is 411. The number of carbonyl (C=O) groups is 1. The van der Waals surface area contributed by atoms with E-state index in [0.29, 0.717) is 0 Å². The zero-order valence-corrected chi connectivity index (χ0v) is 7.18. The molecule has 0 bridgehead atoms. The Hall–Kier alpha value is -2.17. The van der Waals surface area contributed by atoms with Gasteiger partial charge in [-0.15, -0.1) is 0 Å². The molecule has 0 aliphatic carbocycles. The zero-order chi connectivity index (χ0) is 9.80. The molecule has 0 atom stereocenters. The van der Waals surface area contributed by atoms with Gasteiger partial charge in [-0.05, 0) is 18.2 Å². The lowest BCUT2D eigenvalue weighted by atomic mass is 10.4. The molecule has 0 aliphatic rings. The van der Waals surface area contributed by atoms with Crippen LogP contribution in [0.1, 0.15) is 10.6 Å². The van der Waals surface area contributed by atoms with Crippen molar-refractivity contribution in [1.82, 2.24) is 9.97 Å². The number of nitrogens with one attached hydrogen (secondary N) is 1. The predicted octanol–water partition coefficient (Wildman–Crippen LogP) is 1.32. The van der Waals surface area contributed by atoms with Crippen molar-refractivity contribution in [3.8, 4) is 0 Å². The van der Waals surface area contributed by atoms with Gasteiger partial charge in [0.05, 0.1) is 6.26 Å². The molecule has 0 radical (unpaired) electrons. The number of amides is 1. The molecule has 5 nitrogen and oxygen atoms in total. The van der Waals surface area contributed by atoms with Crippen LogP contribution in [0.2, 0.25) is 0 Å². The third-order valence-corrected chi connectivity index (χ3v) is 1.54.